The topological polar surface area (TPSA) is 21.3 Å². The molecule has 0 radical (unpaired) electrons. The molecule has 1 saturated heterocycles. The minimum Gasteiger partial charge on any atom is -0.375 e. The van der Waals surface area contributed by atoms with Crippen molar-refractivity contribution in [3.8, 4) is 0 Å². The van der Waals surface area contributed by atoms with Crippen LogP contribution >= 0.6 is 0 Å². The normalized spacial score (nSPS) is 29.4. The van der Waals surface area contributed by atoms with Crippen molar-refractivity contribution in [2.24, 2.45) is 0 Å². The molecule has 2 atom stereocenters. The minimum atomic E-state index is 0.0490. The van der Waals surface area contributed by atoms with E-state index in [0.29, 0.717) is 6.04 Å². The summed E-state index contributed by atoms with van der Waals surface area (Å²) in [4.78, 5) is 0. The second-order valence-corrected chi connectivity index (χ2v) is 6.31. The Bertz CT molecular complexity index is 427. The maximum absolute atomic E-state index is 5.76. The van der Waals surface area contributed by atoms with E-state index < -0.39 is 0 Å². The van der Waals surface area contributed by atoms with Gasteiger partial charge in [-0.25, -0.2) is 0 Å². The molecule has 98 valence electrons. The van der Waals surface area contributed by atoms with Crippen molar-refractivity contribution in [3.05, 3.63) is 35.4 Å². The molecule has 2 unspecified atom stereocenters. The van der Waals surface area contributed by atoms with E-state index in [2.05, 4.69) is 43.4 Å². The Morgan fingerprint density at radius 2 is 2.17 bits per heavy atom. The van der Waals surface area contributed by atoms with E-state index in [1.54, 1.807) is 5.56 Å². The van der Waals surface area contributed by atoms with Gasteiger partial charge in [0.25, 0.3) is 0 Å². The molecule has 1 aromatic carbocycles. The minimum absolute atomic E-state index is 0.0490. The third-order valence-electron chi connectivity index (χ3n) is 4.31. The summed E-state index contributed by atoms with van der Waals surface area (Å²) in [7, 11) is 0. The van der Waals surface area contributed by atoms with Crippen LogP contribution in [0.15, 0.2) is 24.3 Å². The molecular formula is C16H23NO. The standard InChI is InChI=1S/C16H23NO/c1-16(2)10-14(7-8-18-16)17-11-13-9-12-5-3-4-6-15(12)13/h3-6,13-14,17H,7-11H2,1-2H3. The van der Waals surface area contributed by atoms with Gasteiger partial charge in [-0.1, -0.05) is 24.3 Å². The third-order valence-corrected chi connectivity index (χ3v) is 4.31. The van der Waals surface area contributed by atoms with Crippen LogP contribution in [0, 0.1) is 0 Å². The molecule has 2 heteroatoms. The molecule has 0 aromatic heterocycles. The van der Waals surface area contributed by atoms with Gasteiger partial charge in [-0.15, -0.1) is 0 Å². The van der Waals surface area contributed by atoms with Crippen LogP contribution < -0.4 is 5.32 Å². The average Bonchev–Trinajstić information content (AvgIpc) is 2.29. The molecule has 2 nitrogen and oxygen atoms in total. The van der Waals surface area contributed by atoms with Crippen LogP contribution in [0.4, 0.5) is 0 Å². The Labute approximate surface area is 110 Å². The molecule has 1 N–H and O–H groups in total. The van der Waals surface area contributed by atoms with Gasteiger partial charge in [0, 0.05) is 25.1 Å². The van der Waals surface area contributed by atoms with Crippen LogP contribution in [0.2, 0.25) is 0 Å². The van der Waals surface area contributed by atoms with Gasteiger partial charge in [0.05, 0.1) is 5.60 Å². The average molecular weight is 245 g/mol. The summed E-state index contributed by atoms with van der Waals surface area (Å²) in [5.41, 5.74) is 3.14. The first kappa shape index (κ1) is 12.2. The Morgan fingerprint density at radius 3 is 2.94 bits per heavy atom. The number of benzene rings is 1. The number of fused-ring (bicyclic) bond motifs is 1. The van der Waals surface area contributed by atoms with Crippen LogP contribution in [0.5, 0.6) is 0 Å². The van der Waals surface area contributed by atoms with Gasteiger partial charge in [-0.2, -0.15) is 0 Å². The smallest absolute Gasteiger partial charge is 0.0641 e. The summed E-state index contributed by atoms with van der Waals surface area (Å²) < 4.78 is 5.76. The van der Waals surface area contributed by atoms with Gasteiger partial charge in [-0.3, -0.25) is 0 Å². The Kier molecular flexibility index (Phi) is 3.16. The molecule has 1 fully saturated rings. The second-order valence-electron chi connectivity index (χ2n) is 6.31. The monoisotopic (exact) mass is 245 g/mol. The molecule has 3 rings (SSSR count). The summed E-state index contributed by atoms with van der Waals surface area (Å²) in [5, 5.41) is 3.74. The Balaban J connectivity index is 1.51. The van der Waals surface area contributed by atoms with Crippen molar-refractivity contribution < 1.29 is 4.74 Å². The van der Waals surface area contributed by atoms with Crippen molar-refractivity contribution in [2.75, 3.05) is 13.2 Å². The van der Waals surface area contributed by atoms with Crippen LogP contribution in [0.3, 0.4) is 0 Å². The van der Waals surface area contributed by atoms with Crippen LogP contribution in [0.25, 0.3) is 0 Å². The predicted molar refractivity (Wildman–Crippen MR) is 73.9 cm³/mol. The fourth-order valence-electron chi connectivity index (χ4n) is 3.26. The highest BCUT2D eigenvalue weighted by Crippen LogP contribution is 2.34. The van der Waals surface area contributed by atoms with Crippen molar-refractivity contribution in [2.45, 2.75) is 50.7 Å². The van der Waals surface area contributed by atoms with E-state index in [0.717, 1.165) is 31.9 Å². The Hall–Kier alpha value is -0.860. The van der Waals surface area contributed by atoms with Gasteiger partial charge in [-0.05, 0) is 44.2 Å². The highest BCUT2D eigenvalue weighted by Gasteiger charge is 2.30. The van der Waals surface area contributed by atoms with Crippen molar-refractivity contribution in [1.29, 1.82) is 0 Å². The summed E-state index contributed by atoms with van der Waals surface area (Å²) in [6.07, 6.45) is 3.52. The highest BCUT2D eigenvalue weighted by molar-refractivity contribution is 5.40. The lowest BCUT2D eigenvalue weighted by atomic mass is 9.77. The van der Waals surface area contributed by atoms with Gasteiger partial charge >= 0.3 is 0 Å². The van der Waals surface area contributed by atoms with Crippen molar-refractivity contribution in [3.63, 3.8) is 0 Å². The summed E-state index contributed by atoms with van der Waals surface area (Å²) in [5.74, 6) is 0.729. The Morgan fingerprint density at radius 1 is 1.33 bits per heavy atom. The van der Waals surface area contributed by atoms with Crippen LogP contribution in [-0.2, 0) is 11.2 Å². The zero-order chi connectivity index (χ0) is 12.6. The lowest BCUT2D eigenvalue weighted by molar-refractivity contribution is -0.0629. The fraction of sp³-hybridized carbons (Fsp3) is 0.625. The zero-order valence-electron chi connectivity index (χ0n) is 11.4. The predicted octanol–water partition coefficient (Wildman–Crippen LogP) is 2.87. The second kappa shape index (κ2) is 4.67. The van der Waals surface area contributed by atoms with Crippen LogP contribution in [-0.4, -0.2) is 24.8 Å². The number of ether oxygens (including phenoxy) is 1. The molecule has 1 heterocycles. The molecule has 18 heavy (non-hydrogen) atoms. The fourth-order valence-corrected chi connectivity index (χ4v) is 3.26. The van der Waals surface area contributed by atoms with E-state index in [9.17, 15) is 0 Å². The molecular weight excluding hydrogens is 222 g/mol. The van der Waals surface area contributed by atoms with Crippen molar-refractivity contribution in [1.82, 2.24) is 5.32 Å². The SMILES string of the molecule is CC1(C)CC(NCC2Cc3ccccc32)CCO1. The molecule has 0 bridgehead atoms. The molecule has 1 aliphatic heterocycles. The lowest BCUT2D eigenvalue weighted by Gasteiger charge is -2.38. The van der Waals surface area contributed by atoms with E-state index in [1.807, 2.05) is 0 Å². The summed E-state index contributed by atoms with van der Waals surface area (Å²) in [6.45, 7) is 6.41. The first-order valence-corrected chi connectivity index (χ1v) is 7.09. The molecule has 2 aliphatic rings. The molecule has 0 spiro atoms. The molecule has 0 saturated carbocycles. The first-order chi connectivity index (χ1) is 8.64. The van der Waals surface area contributed by atoms with E-state index in [-0.39, 0.29) is 5.60 Å². The van der Waals surface area contributed by atoms with Gasteiger partial charge < -0.3 is 10.1 Å². The van der Waals surface area contributed by atoms with Crippen molar-refractivity contribution >= 4 is 0 Å². The third kappa shape index (κ3) is 2.45. The highest BCUT2D eigenvalue weighted by atomic mass is 16.5. The number of nitrogens with one attached hydrogen (secondary N) is 1. The van der Waals surface area contributed by atoms with E-state index in [4.69, 9.17) is 4.74 Å². The zero-order valence-corrected chi connectivity index (χ0v) is 11.4. The van der Waals surface area contributed by atoms with Crippen LogP contribution in [0.1, 0.15) is 43.7 Å². The molecule has 0 amide bonds. The van der Waals surface area contributed by atoms with Gasteiger partial charge in [0.15, 0.2) is 0 Å². The molecule has 1 aromatic rings. The van der Waals surface area contributed by atoms with Gasteiger partial charge in [0.2, 0.25) is 0 Å². The van der Waals surface area contributed by atoms with E-state index in [1.165, 1.54) is 12.0 Å². The summed E-state index contributed by atoms with van der Waals surface area (Å²) in [6, 6.07) is 9.45. The maximum Gasteiger partial charge on any atom is 0.0641 e. The maximum atomic E-state index is 5.76. The van der Waals surface area contributed by atoms with Gasteiger partial charge in [0.1, 0.15) is 0 Å². The molecule has 1 aliphatic carbocycles. The summed E-state index contributed by atoms with van der Waals surface area (Å²) >= 11 is 0. The number of rotatable bonds is 3. The number of hydrogen-bond donors (Lipinski definition) is 1. The quantitative estimate of drug-likeness (QED) is 0.884. The lowest BCUT2D eigenvalue weighted by Crippen LogP contribution is -2.45. The number of hydrogen-bond acceptors (Lipinski definition) is 2. The first-order valence-electron chi connectivity index (χ1n) is 7.09. The van der Waals surface area contributed by atoms with E-state index >= 15 is 0 Å². The largest absolute Gasteiger partial charge is 0.375 e.